The van der Waals surface area contributed by atoms with Crippen LogP contribution < -0.4 is 10.1 Å². The van der Waals surface area contributed by atoms with Gasteiger partial charge in [-0.05, 0) is 53.6 Å². The number of rotatable bonds is 5. The summed E-state index contributed by atoms with van der Waals surface area (Å²) in [6.45, 7) is 1.71. The fraction of sp³-hybridized carbons (Fsp3) is 0.190. The van der Waals surface area contributed by atoms with Crippen LogP contribution >= 0.6 is 0 Å². The average molecular weight is 401 g/mol. The van der Waals surface area contributed by atoms with Crippen molar-refractivity contribution in [3.63, 3.8) is 0 Å². The molecule has 0 radical (unpaired) electrons. The molecule has 5 nitrogen and oxygen atoms in total. The highest BCUT2D eigenvalue weighted by Gasteiger charge is 2.19. The van der Waals surface area contributed by atoms with E-state index in [1.165, 1.54) is 6.07 Å². The second-order valence-corrected chi connectivity index (χ2v) is 8.61. The van der Waals surface area contributed by atoms with E-state index >= 15 is 0 Å². The van der Waals surface area contributed by atoms with Crippen molar-refractivity contribution in [3.8, 4) is 5.75 Å². The molecule has 0 heterocycles. The Morgan fingerprint density at radius 1 is 1.04 bits per heavy atom. The van der Waals surface area contributed by atoms with Crippen LogP contribution in [0.15, 0.2) is 59.5 Å². The van der Waals surface area contributed by atoms with Crippen molar-refractivity contribution in [1.82, 2.24) is 0 Å². The van der Waals surface area contributed by atoms with Crippen molar-refractivity contribution < 1.29 is 22.3 Å². The first-order valence-corrected chi connectivity index (χ1v) is 10.5. The van der Waals surface area contributed by atoms with Gasteiger partial charge in [0.05, 0.1) is 23.6 Å². The maximum atomic E-state index is 14.0. The third-order valence-corrected chi connectivity index (χ3v) is 5.70. The molecule has 0 saturated carbocycles. The molecule has 3 rings (SSSR count). The van der Waals surface area contributed by atoms with Crippen molar-refractivity contribution in [2.45, 2.75) is 17.7 Å². The van der Waals surface area contributed by atoms with Gasteiger partial charge >= 0.3 is 0 Å². The number of sulfone groups is 1. The lowest BCUT2D eigenvalue weighted by Gasteiger charge is -2.15. The van der Waals surface area contributed by atoms with E-state index in [-0.39, 0.29) is 10.6 Å². The largest absolute Gasteiger partial charge is 0.497 e. The molecule has 0 spiro atoms. The highest BCUT2D eigenvalue weighted by atomic mass is 32.2. The van der Waals surface area contributed by atoms with Gasteiger partial charge in [0.2, 0.25) is 5.91 Å². The minimum Gasteiger partial charge on any atom is -0.497 e. The molecule has 0 aliphatic rings. The third kappa shape index (κ3) is 4.14. The van der Waals surface area contributed by atoms with Crippen molar-refractivity contribution in [2.24, 2.45) is 0 Å². The van der Waals surface area contributed by atoms with Gasteiger partial charge in [-0.2, -0.15) is 0 Å². The van der Waals surface area contributed by atoms with E-state index in [1.807, 2.05) is 36.4 Å². The van der Waals surface area contributed by atoms with Crippen molar-refractivity contribution in [2.75, 3.05) is 18.7 Å². The maximum Gasteiger partial charge on any atom is 0.231 e. The third-order valence-electron chi connectivity index (χ3n) is 4.59. The maximum absolute atomic E-state index is 14.0. The molecular weight excluding hydrogens is 381 g/mol. The van der Waals surface area contributed by atoms with Gasteiger partial charge in [0.15, 0.2) is 9.84 Å². The predicted octanol–water partition coefficient (Wildman–Crippen LogP) is 4.13. The van der Waals surface area contributed by atoms with Gasteiger partial charge in [0.1, 0.15) is 11.6 Å². The Labute approximate surface area is 163 Å². The number of benzene rings is 3. The lowest BCUT2D eigenvalue weighted by atomic mass is 9.97. The number of hydrogen-bond acceptors (Lipinski definition) is 4. The summed E-state index contributed by atoms with van der Waals surface area (Å²) in [6, 6.07) is 14.6. The summed E-state index contributed by atoms with van der Waals surface area (Å²) in [5, 5.41) is 4.41. The second kappa shape index (κ2) is 7.59. The summed E-state index contributed by atoms with van der Waals surface area (Å²) in [5.74, 6) is -0.948. The molecule has 1 unspecified atom stereocenters. The first kappa shape index (κ1) is 19.8. The molecule has 1 atom stereocenters. The molecule has 1 N–H and O–H groups in total. The summed E-state index contributed by atoms with van der Waals surface area (Å²) in [4.78, 5) is 12.6. The van der Waals surface area contributed by atoms with Crippen LogP contribution in [0.3, 0.4) is 0 Å². The Balaban J connectivity index is 1.86. The number of halogens is 1. The summed E-state index contributed by atoms with van der Waals surface area (Å²) in [5.41, 5.74) is 0.597. The molecule has 3 aromatic carbocycles. The molecular formula is C21H20FNO4S. The smallest absolute Gasteiger partial charge is 0.231 e. The molecule has 0 saturated heterocycles. The van der Waals surface area contributed by atoms with Gasteiger partial charge in [0.25, 0.3) is 0 Å². The van der Waals surface area contributed by atoms with Gasteiger partial charge in [-0.15, -0.1) is 0 Å². The van der Waals surface area contributed by atoms with Crippen LogP contribution in [-0.4, -0.2) is 27.7 Å². The zero-order chi connectivity index (χ0) is 20.5. The first-order valence-electron chi connectivity index (χ1n) is 8.57. The Kier molecular flexibility index (Phi) is 5.38. The van der Waals surface area contributed by atoms with Crippen LogP contribution in [0.5, 0.6) is 5.75 Å². The lowest BCUT2D eigenvalue weighted by Crippen LogP contribution is -2.19. The molecule has 3 aromatic rings. The summed E-state index contributed by atoms with van der Waals surface area (Å²) in [6.07, 6.45) is 1.03. The normalized spacial score (nSPS) is 12.6. The van der Waals surface area contributed by atoms with E-state index in [4.69, 9.17) is 4.74 Å². The van der Waals surface area contributed by atoms with Crippen LogP contribution in [0, 0.1) is 5.82 Å². The predicted molar refractivity (Wildman–Crippen MR) is 107 cm³/mol. The molecule has 0 aliphatic carbocycles. The molecule has 7 heteroatoms. The van der Waals surface area contributed by atoms with E-state index in [2.05, 4.69) is 5.32 Å². The van der Waals surface area contributed by atoms with E-state index in [0.717, 1.165) is 40.5 Å². The minimum atomic E-state index is -3.51. The molecule has 0 bridgehead atoms. The monoisotopic (exact) mass is 401 g/mol. The van der Waals surface area contributed by atoms with E-state index in [0.29, 0.717) is 0 Å². The summed E-state index contributed by atoms with van der Waals surface area (Å²) in [7, 11) is -1.91. The number of anilines is 1. The SMILES string of the molecule is COc1ccc2cc(C(C)C(=O)Nc3cc(S(C)(=O)=O)ccc3F)ccc2c1. The highest BCUT2D eigenvalue weighted by molar-refractivity contribution is 7.90. The second-order valence-electron chi connectivity index (χ2n) is 6.60. The first-order chi connectivity index (χ1) is 13.2. The fourth-order valence-corrected chi connectivity index (χ4v) is 3.51. The molecule has 28 heavy (non-hydrogen) atoms. The van der Waals surface area contributed by atoms with Crippen molar-refractivity contribution in [1.29, 1.82) is 0 Å². The number of methoxy groups -OCH3 is 1. The Morgan fingerprint density at radius 3 is 2.39 bits per heavy atom. The van der Waals surface area contributed by atoms with E-state index < -0.39 is 27.5 Å². The van der Waals surface area contributed by atoms with Crippen LogP contribution in [0.25, 0.3) is 10.8 Å². The Hall–Kier alpha value is -2.93. The molecule has 146 valence electrons. The fourth-order valence-electron chi connectivity index (χ4n) is 2.86. The number of amides is 1. The van der Waals surface area contributed by atoms with Gasteiger partial charge in [-0.25, -0.2) is 12.8 Å². The van der Waals surface area contributed by atoms with E-state index in [1.54, 1.807) is 14.0 Å². The Bertz CT molecular complexity index is 1160. The minimum absolute atomic E-state index is 0.0588. The number of nitrogens with one attached hydrogen (secondary N) is 1. The number of carbonyl (C=O) groups excluding carboxylic acids is 1. The van der Waals surface area contributed by atoms with Gasteiger partial charge in [-0.1, -0.05) is 24.3 Å². The van der Waals surface area contributed by atoms with Gasteiger partial charge in [-0.3, -0.25) is 4.79 Å². The standard InChI is InChI=1S/C21H20FNO4S/c1-13(14-4-5-16-11-17(27-2)7-6-15(16)10-14)21(24)23-20-12-18(28(3,25)26)8-9-19(20)22/h4-13H,1-3H3,(H,23,24). The average Bonchev–Trinajstić information content (AvgIpc) is 2.67. The molecule has 1 amide bonds. The molecule has 0 fully saturated rings. The van der Waals surface area contributed by atoms with Crippen LogP contribution in [0.4, 0.5) is 10.1 Å². The quantitative estimate of drug-likeness (QED) is 0.653. The van der Waals surface area contributed by atoms with Crippen LogP contribution in [0.2, 0.25) is 0 Å². The topological polar surface area (TPSA) is 72.5 Å². The van der Waals surface area contributed by atoms with Crippen LogP contribution in [-0.2, 0) is 14.6 Å². The number of carbonyl (C=O) groups is 1. The highest BCUT2D eigenvalue weighted by Crippen LogP contribution is 2.27. The Morgan fingerprint density at radius 2 is 1.71 bits per heavy atom. The van der Waals surface area contributed by atoms with E-state index in [9.17, 15) is 17.6 Å². The number of ether oxygens (including phenoxy) is 1. The van der Waals surface area contributed by atoms with Crippen molar-refractivity contribution in [3.05, 3.63) is 66.0 Å². The lowest BCUT2D eigenvalue weighted by molar-refractivity contribution is -0.117. The summed E-state index contributed by atoms with van der Waals surface area (Å²) < 4.78 is 42.6. The van der Waals surface area contributed by atoms with Crippen molar-refractivity contribution >= 4 is 32.2 Å². The molecule has 0 aliphatic heterocycles. The summed E-state index contributed by atoms with van der Waals surface area (Å²) >= 11 is 0. The van der Waals surface area contributed by atoms with Gasteiger partial charge in [0, 0.05) is 6.26 Å². The zero-order valence-electron chi connectivity index (χ0n) is 15.7. The van der Waals surface area contributed by atoms with Gasteiger partial charge < -0.3 is 10.1 Å². The number of hydrogen-bond donors (Lipinski definition) is 1. The number of fused-ring (bicyclic) bond motifs is 1. The molecule has 0 aromatic heterocycles. The van der Waals surface area contributed by atoms with Crippen LogP contribution in [0.1, 0.15) is 18.4 Å². The zero-order valence-corrected chi connectivity index (χ0v) is 16.5.